The van der Waals surface area contributed by atoms with Crippen LogP contribution in [0.15, 0.2) is 48.7 Å². The highest BCUT2D eigenvalue weighted by Gasteiger charge is 2.14. The molecule has 21 heavy (non-hydrogen) atoms. The number of phenolic OH excluding ortho intramolecular Hbond substituents is 1. The topological polar surface area (TPSA) is 87.8 Å². The number of phenols is 1. The molecule has 0 aliphatic rings. The van der Waals surface area contributed by atoms with Crippen LogP contribution in [0.2, 0.25) is 0 Å². The molecule has 0 aliphatic carbocycles. The molecule has 102 valence electrons. The van der Waals surface area contributed by atoms with E-state index in [2.05, 4.69) is 15.2 Å². The first kappa shape index (κ1) is 11.7. The second kappa shape index (κ2) is 4.21. The number of rotatable bonds is 1. The molecular formula is C16H12N4O. The molecule has 0 bridgehead atoms. The lowest BCUT2D eigenvalue weighted by molar-refractivity contribution is 0.480. The molecule has 4 aromatic rings. The number of pyridine rings is 1. The summed E-state index contributed by atoms with van der Waals surface area (Å²) in [5, 5.41) is 19.1. The van der Waals surface area contributed by atoms with Crippen LogP contribution in [0.3, 0.4) is 0 Å². The van der Waals surface area contributed by atoms with Crippen molar-refractivity contribution in [1.82, 2.24) is 15.2 Å². The zero-order valence-electron chi connectivity index (χ0n) is 11.0. The molecule has 0 radical (unpaired) electrons. The van der Waals surface area contributed by atoms with E-state index < -0.39 is 0 Å². The molecule has 0 atom stereocenters. The van der Waals surface area contributed by atoms with Gasteiger partial charge in [0.15, 0.2) is 0 Å². The Balaban J connectivity index is 2.13. The summed E-state index contributed by atoms with van der Waals surface area (Å²) < 4.78 is 0. The molecule has 5 nitrogen and oxygen atoms in total. The zero-order chi connectivity index (χ0) is 14.4. The van der Waals surface area contributed by atoms with Gasteiger partial charge in [-0.25, -0.2) is 0 Å². The number of fused-ring (bicyclic) bond motifs is 2. The molecule has 0 saturated heterocycles. The first-order valence-corrected chi connectivity index (χ1v) is 6.55. The fourth-order valence-electron chi connectivity index (χ4n) is 2.66. The predicted molar refractivity (Wildman–Crippen MR) is 82.9 cm³/mol. The summed E-state index contributed by atoms with van der Waals surface area (Å²) >= 11 is 0. The number of benzene rings is 2. The first-order chi connectivity index (χ1) is 10.3. The van der Waals surface area contributed by atoms with E-state index in [-0.39, 0.29) is 5.75 Å². The van der Waals surface area contributed by atoms with Crippen LogP contribution >= 0.6 is 0 Å². The summed E-state index contributed by atoms with van der Waals surface area (Å²) in [6.07, 6.45) is 1.66. The number of nitrogens with zero attached hydrogens (tertiary/aromatic N) is 2. The summed E-state index contributed by atoms with van der Waals surface area (Å²) in [6, 6.07) is 12.9. The van der Waals surface area contributed by atoms with Crippen molar-refractivity contribution < 1.29 is 5.11 Å². The van der Waals surface area contributed by atoms with E-state index in [1.54, 1.807) is 12.3 Å². The van der Waals surface area contributed by atoms with Gasteiger partial charge in [-0.15, -0.1) is 0 Å². The fourth-order valence-corrected chi connectivity index (χ4v) is 2.66. The second-order valence-electron chi connectivity index (χ2n) is 4.87. The van der Waals surface area contributed by atoms with E-state index in [0.29, 0.717) is 11.2 Å². The van der Waals surface area contributed by atoms with E-state index >= 15 is 0 Å². The normalized spacial score (nSPS) is 11.2. The molecule has 2 aromatic carbocycles. The Bertz CT molecular complexity index is 975. The SMILES string of the molecule is Nc1cccc2[nH]nc(-c3ccc(O)c4ncccc34)c12. The number of nitrogens with two attached hydrogens (primary N) is 1. The van der Waals surface area contributed by atoms with Gasteiger partial charge in [0.1, 0.15) is 17.0 Å². The zero-order valence-corrected chi connectivity index (χ0v) is 11.0. The highest BCUT2D eigenvalue weighted by molar-refractivity contribution is 6.07. The predicted octanol–water partition coefficient (Wildman–Crippen LogP) is 3.07. The maximum absolute atomic E-state index is 9.95. The molecule has 4 N–H and O–H groups in total. The minimum atomic E-state index is 0.155. The van der Waals surface area contributed by atoms with Gasteiger partial charge in [0.05, 0.1) is 10.9 Å². The summed E-state index contributed by atoms with van der Waals surface area (Å²) in [5.41, 5.74) is 9.85. The van der Waals surface area contributed by atoms with Crippen molar-refractivity contribution in [3.63, 3.8) is 0 Å². The average Bonchev–Trinajstić information content (AvgIpc) is 2.93. The van der Waals surface area contributed by atoms with E-state index in [9.17, 15) is 5.11 Å². The van der Waals surface area contributed by atoms with Crippen molar-refractivity contribution in [3.8, 4) is 17.0 Å². The molecule has 0 saturated carbocycles. The number of aromatic nitrogens is 3. The Kier molecular flexibility index (Phi) is 2.35. The van der Waals surface area contributed by atoms with Gasteiger partial charge in [-0.05, 0) is 30.3 Å². The molecule has 2 aromatic heterocycles. The minimum absolute atomic E-state index is 0.155. The van der Waals surface area contributed by atoms with Crippen molar-refractivity contribution in [3.05, 3.63) is 48.7 Å². The maximum atomic E-state index is 9.95. The Morgan fingerprint density at radius 1 is 1.05 bits per heavy atom. The van der Waals surface area contributed by atoms with E-state index in [4.69, 9.17) is 5.73 Å². The third kappa shape index (κ3) is 1.64. The molecule has 0 aliphatic heterocycles. The minimum Gasteiger partial charge on any atom is -0.506 e. The number of hydrogen-bond donors (Lipinski definition) is 3. The lowest BCUT2D eigenvalue weighted by atomic mass is 10.0. The Morgan fingerprint density at radius 3 is 2.86 bits per heavy atom. The fraction of sp³-hybridized carbons (Fsp3) is 0. The highest BCUT2D eigenvalue weighted by atomic mass is 16.3. The molecule has 0 fully saturated rings. The van der Waals surface area contributed by atoms with Gasteiger partial charge in [0, 0.05) is 22.8 Å². The van der Waals surface area contributed by atoms with Gasteiger partial charge in [-0.3, -0.25) is 10.1 Å². The molecule has 4 rings (SSSR count). The van der Waals surface area contributed by atoms with Gasteiger partial charge in [0.2, 0.25) is 0 Å². The number of aromatic hydroxyl groups is 1. The quantitative estimate of drug-likeness (QED) is 0.466. The van der Waals surface area contributed by atoms with Crippen molar-refractivity contribution in [2.24, 2.45) is 0 Å². The van der Waals surface area contributed by atoms with Crippen LogP contribution in [0, 0.1) is 0 Å². The summed E-state index contributed by atoms with van der Waals surface area (Å²) in [7, 11) is 0. The smallest absolute Gasteiger partial charge is 0.141 e. The molecular weight excluding hydrogens is 264 g/mol. The van der Waals surface area contributed by atoms with Crippen LogP contribution in [-0.4, -0.2) is 20.3 Å². The Morgan fingerprint density at radius 2 is 1.95 bits per heavy atom. The Labute approximate surface area is 120 Å². The third-order valence-corrected chi connectivity index (χ3v) is 3.63. The van der Waals surface area contributed by atoms with Crippen LogP contribution < -0.4 is 5.73 Å². The van der Waals surface area contributed by atoms with E-state index in [1.807, 2.05) is 36.4 Å². The number of nitrogens with one attached hydrogen (secondary N) is 1. The van der Waals surface area contributed by atoms with E-state index in [1.165, 1.54) is 0 Å². The van der Waals surface area contributed by atoms with Gasteiger partial charge >= 0.3 is 0 Å². The van der Waals surface area contributed by atoms with Gasteiger partial charge in [-0.1, -0.05) is 12.1 Å². The summed E-state index contributed by atoms with van der Waals surface area (Å²) in [5.74, 6) is 0.155. The monoisotopic (exact) mass is 276 g/mol. The van der Waals surface area contributed by atoms with Gasteiger partial charge in [-0.2, -0.15) is 5.10 Å². The van der Waals surface area contributed by atoms with Crippen LogP contribution in [0.5, 0.6) is 5.75 Å². The van der Waals surface area contributed by atoms with Crippen LogP contribution in [-0.2, 0) is 0 Å². The lowest BCUT2D eigenvalue weighted by Crippen LogP contribution is -1.88. The standard InChI is InChI=1S/C16H12N4O/c17-11-4-1-5-12-14(11)16(20-19-12)10-6-7-13(21)15-9(10)3-2-8-18-15/h1-8,21H,17H2,(H,19,20). The number of anilines is 1. The lowest BCUT2D eigenvalue weighted by Gasteiger charge is -2.06. The molecule has 2 heterocycles. The average molecular weight is 276 g/mol. The molecule has 0 amide bonds. The summed E-state index contributed by atoms with van der Waals surface area (Å²) in [4.78, 5) is 4.23. The summed E-state index contributed by atoms with van der Waals surface area (Å²) in [6.45, 7) is 0. The van der Waals surface area contributed by atoms with Crippen molar-refractivity contribution in [2.75, 3.05) is 5.73 Å². The highest BCUT2D eigenvalue weighted by Crippen LogP contribution is 2.36. The van der Waals surface area contributed by atoms with Crippen LogP contribution in [0.4, 0.5) is 5.69 Å². The number of hydrogen-bond acceptors (Lipinski definition) is 4. The van der Waals surface area contributed by atoms with Gasteiger partial charge in [0.25, 0.3) is 0 Å². The van der Waals surface area contributed by atoms with Crippen molar-refractivity contribution in [2.45, 2.75) is 0 Å². The largest absolute Gasteiger partial charge is 0.506 e. The molecule has 5 heteroatoms. The van der Waals surface area contributed by atoms with Gasteiger partial charge < -0.3 is 10.8 Å². The first-order valence-electron chi connectivity index (χ1n) is 6.55. The number of aromatic amines is 1. The number of H-pyrrole nitrogens is 1. The van der Waals surface area contributed by atoms with E-state index in [0.717, 1.165) is 27.5 Å². The van der Waals surface area contributed by atoms with Crippen molar-refractivity contribution in [1.29, 1.82) is 0 Å². The second-order valence-corrected chi connectivity index (χ2v) is 4.87. The molecule has 0 spiro atoms. The van der Waals surface area contributed by atoms with Crippen molar-refractivity contribution >= 4 is 27.5 Å². The van der Waals surface area contributed by atoms with Crippen LogP contribution in [0.1, 0.15) is 0 Å². The third-order valence-electron chi connectivity index (χ3n) is 3.63. The Hall–Kier alpha value is -3.08. The maximum Gasteiger partial charge on any atom is 0.141 e. The molecule has 0 unspecified atom stereocenters. The number of nitrogen functional groups attached to an aromatic ring is 1. The van der Waals surface area contributed by atoms with Crippen LogP contribution in [0.25, 0.3) is 33.1 Å².